The zero-order valence-electron chi connectivity index (χ0n) is 16.2. The van der Waals surface area contributed by atoms with Gasteiger partial charge >= 0.3 is 0 Å². The van der Waals surface area contributed by atoms with Gasteiger partial charge in [0.15, 0.2) is 0 Å². The fourth-order valence-corrected chi connectivity index (χ4v) is 4.21. The maximum absolute atomic E-state index is 12.8. The van der Waals surface area contributed by atoms with Crippen molar-refractivity contribution in [2.45, 2.75) is 46.6 Å². The number of aromatic nitrogens is 3. The first-order valence-electron chi connectivity index (χ1n) is 9.43. The van der Waals surface area contributed by atoms with E-state index >= 15 is 0 Å². The molecule has 3 rings (SSSR count). The van der Waals surface area contributed by atoms with Gasteiger partial charge in [-0.15, -0.1) is 11.3 Å². The molecule has 2 aromatic heterocycles. The Bertz CT molecular complexity index is 815. The number of amides is 2. The van der Waals surface area contributed by atoms with Crippen LogP contribution in [-0.2, 0) is 17.8 Å². The molecular weight excluding hydrogens is 362 g/mol. The zero-order valence-corrected chi connectivity index (χ0v) is 17.0. The molecule has 2 amide bonds. The molecule has 1 N–H and O–H groups in total. The Morgan fingerprint density at radius 1 is 1.41 bits per heavy atom. The molecule has 146 valence electrons. The Hall–Kier alpha value is -2.22. The highest BCUT2D eigenvalue weighted by atomic mass is 32.1. The number of piperidine rings is 1. The summed E-state index contributed by atoms with van der Waals surface area (Å²) in [5.41, 5.74) is -0.124. The molecule has 3 heterocycles. The van der Waals surface area contributed by atoms with Crippen molar-refractivity contribution in [3.8, 4) is 0 Å². The van der Waals surface area contributed by atoms with E-state index < -0.39 is 5.41 Å². The maximum atomic E-state index is 12.8. The lowest BCUT2D eigenvalue weighted by Gasteiger charge is -2.39. The van der Waals surface area contributed by atoms with Crippen molar-refractivity contribution in [3.05, 3.63) is 34.0 Å². The molecule has 1 atom stereocenters. The van der Waals surface area contributed by atoms with Crippen molar-refractivity contribution < 1.29 is 9.59 Å². The van der Waals surface area contributed by atoms with E-state index in [1.165, 1.54) is 4.88 Å². The molecule has 0 unspecified atom stereocenters. The van der Waals surface area contributed by atoms with Crippen LogP contribution < -0.4 is 5.32 Å². The van der Waals surface area contributed by atoms with Crippen LogP contribution in [0.4, 0.5) is 0 Å². The van der Waals surface area contributed by atoms with Crippen LogP contribution in [0.15, 0.2) is 18.5 Å². The summed E-state index contributed by atoms with van der Waals surface area (Å²) in [4.78, 5) is 32.8. The van der Waals surface area contributed by atoms with Gasteiger partial charge < -0.3 is 10.2 Å². The SMILES string of the molecule is CCn1ccc(C(=O)N2CCC[C@@](C)(C(=O)NCCc3ncc(C)s3)C2)n1. The first kappa shape index (κ1) is 19.5. The van der Waals surface area contributed by atoms with Crippen LogP contribution in [0.5, 0.6) is 0 Å². The van der Waals surface area contributed by atoms with E-state index in [4.69, 9.17) is 0 Å². The standard InChI is InChI=1S/C19H27N5O2S/c1-4-24-11-7-15(22-24)17(25)23-10-5-8-19(3,13-23)18(26)20-9-6-16-21-12-14(2)27-16/h7,11-12H,4-6,8-10,13H2,1-3H3,(H,20,26)/t19-/m1/s1. The maximum Gasteiger partial charge on any atom is 0.274 e. The lowest BCUT2D eigenvalue weighted by atomic mass is 9.80. The predicted molar refractivity (Wildman–Crippen MR) is 105 cm³/mol. The summed E-state index contributed by atoms with van der Waals surface area (Å²) in [5.74, 6) is -0.0912. The molecular formula is C19H27N5O2S. The molecule has 0 bridgehead atoms. The number of nitrogens with one attached hydrogen (secondary N) is 1. The Balaban J connectivity index is 1.57. The summed E-state index contributed by atoms with van der Waals surface area (Å²) in [7, 11) is 0. The number of thiazole rings is 1. The number of hydrogen-bond donors (Lipinski definition) is 1. The molecule has 0 saturated carbocycles. The van der Waals surface area contributed by atoms with E-state index in [1.807, 2.05) is 33.2 Å². The third-order valence-corrected chi connectivity index (χ3v) is 5.98. The van der Waals surface area contributed by atoms with Crippen LogP contribution in [-0.4, -0.2) is 51.1 Å². The van der Waals surface area contributed by atoms with Gasteiger partial charge in [0.05, 0.1) is 10.4 Å². The minimum Gasteiger partial charge on any atom is -0.355 e. The molecule has 7 nitrogen and oxygen atoms in total. The van der Waals surface area contributed by atoms with Crippen molar-refractivity contribution in [2.24, 2.45) is 5.41 Å². The summed E-state index contributed by atoms with van der Waals surface area (Å²) in [6.07, 6.45) is 5.99. The number of nitrogens with zero attached hydrogens (tertiary/aromatic N) is 4. The number of carbonyl (C=O) groups is 2. The average molecular weight is 390 g/mol. The Labute approximate surface area is 163 Å². The smallest absolute Gasteiger partial charge is 0.274 e. The van der Waals surface area contributed by atoms with Gasteiger partial charge in [-0.1, -0.05) is 0 Å². The van der Waals surface area contributed by atoms with E-state index in [0.29, 0.717) is 25.3 Å². The van der Waals surface area contributed by atoms with Gasteiger partial charge in [0.1, 0.15) is 5.69 Å². The van der Waals surface area contributed by atoms with Crippen LogP contribution in [0.3, 0.4) is 0 Å². The summed E-state index contributed by atoms with van der Waals surface area (Å²) >= 11 is 1.66. The van der Waals surface area contributed by atoms with Crippen LogP contribution in [0, 0.1) is 12.3 Å². The second-order valence-electron chi connectivity index (χ2n) is 7.32. The molecule has 1 aliphatic heterocycles. The van der Waals surface area contributed by atoms with Crippen LogP contribution >= 0.6 is 11.3 Å². The first-order valence-corrected chi connectivity index (χ1v) is 10.3. The highest BCUT2D eigenvalue weighted by Crippen LogP contribution is 2.30. The van der Waals surface area contributed by atoms with Gasteiger partial charge in [-0.05, 0) is 39.7 Å². The monoisotopic (exact) mass is 389 g/mol. The number of hydrogen-bond acceptors (Lipinski definition) is 5. The largest absolute Gasteiger partial charge is 0.355 e. The number of carbonyl (C=O) groups excluding carboxylic acids is 2. The summed E-state index contributed by atoms with van der Waals surface area (Å²) in [6, 6.07) is 1.74. The Kier molecular flexibility index (Phi) is 5.94. The van der Waals surface area contributed by atoms with E-state index in [-0.39, 0.29) is 11.8 Å². The summed E-state index contributed by atoms with van der Waals surface area (Å²) in [6.45, 7) is 8.34. The van der Waals surface area contributed by atoms with Gasteiger partial charge in [0.2, 0.25) is 5.91 Å². The van der Waals surface area contributed by atoms with E-state index in [1.54, 1.807) is 27.0 Å². The van der Waals surface area contributed by atoms with Crippen LogP contribution in [0.1, 0.15) is 47.1 Å². The van der Waals surface area contributed by atoms with Crippen LogP contribution in [0.2, 0.25) is 0 Å². The minimum atomic E-state index is -0.569. The van der Waals surface area contributed by atoms with Crippen molar-refractivity contribution in [3.63, 3.8) is 0 Å². The normalized spacial score (nSPS) is 19.9. The van der Waals surface area contributed by atoms with E-state index in [9.17, 15) is 9.59 Å². The van der Waals surface area contributed by atoms with Crippen molar-refractivity contribution in [1.82, 2.24) is 25.0 Å². The molecule has 1 saturated heterocycles. The minimum absolute atomic E-state index is 0.00682. The lowest BCUT2D eigenvalue weighted by Crippen LogP contribution is -2.52. The Morgan fingerprint density at radius 3 is 2.89 bits per heavy atom. The summed E-state index contributed by atoms with van der Waals surface area (Å²) in [5, 5.41) is 8.37. The Morgan fingerprint density at radius 2 is 2.22 bits per heavy atom. The van der Waals surface area contributed by atoms with E-state index in [0.717, 1.165) is 30.8 Å². The van der Waals surface area contributed by atoms with Gasteiger partial charge in [-0.25, -0.2) is 4.98 Å². The quantitative estimate of drug-likeness (QED) is 0.822. The molecule has 8 heteroatoms. The second kappa shape index (κ2) is 8.21. The molecule has 2 aromatic rings. The van der Waals surface area contributed by atoms with Gasteiger partial charge in [-0.3, -0.25) is 14.3 Å². The third kappa shape index (κ3) is 4.55. The molecule has 1 aliphatic rings. The zero-order chi connectivity index (χ0) is 19.4. The molecule has 0 spiro atoms. The highest BCUT2D eigenvalue weighted by Gasteiger charge is 2.39. The van der Waals surface area contributed by atoms with Gasteiger partial charge in [-0.2, -0.15) is 5.10 Å². The highest BCUT2D eigenvalue weighted by molar-refractivity contribution is 7.11. The van der Waals surface area contributed by atoms with Crippen molar-refractivity contribution in [1.29, 1.82) is 0 Å². The number of likely N-dealkylation sites (tertiary alicyclic amines) is 1. The predicted octanol–water partition coefficient (Wildman–Crippen LogP) is 2.27. The fourth-order valence-electron chi connectivity index (χ4n) is 3.43. The lowest BCUT2D eigenvalue weighted by molar-refractivity contribution is -0.132. The van der Waals surface area contributed by atoms with Crippen LogP contribution in [0.25, 0.3) is 0 Å². The average Bonchev–Trinajstić information content (AvgIpc) is 3.30. The fraction of sp³-hybridized carbons (Fsp3) is 0.579. The topological polar surface area (TPSA) is 80.1 Å². The number of aryl methyl sites for hydroxylation is 2. The first-order chi connectivity index (χ1) is 12.9. The summed E-state index contributed by atoms with van der Waals surface area (Å²) < 4.78 is 1.74. The molecule has 1 fully saturated rings. The number of rotatable bonds is 6. The van der Waals surface area contributed by atoms with Crippen molar-refractivity contribution >= 4 is 23.2 Å². The molecule has 0 aliphatic carbocycles. The van der Waals surface area contributed by atoms with Crippen molar-refractivity contribution in [2.75, 3.05) is 19.6 Å². The van der Waals surface area contributed by atoms with Gasteiger partial charge in [0.25, 0.3) is 5.91 Å². The molecule has 0 aromatic carbocycles. The van der Waals surface area contributed by atoms with E-state index in [2.05, 4.69) is 15.4 Å². The second-order valence-corrected chi connectivity index (χ2v) is 8.64. The van der Waals surface area contributed by atoms with Gasteiger partial charge in [0, 0.05) is 49.9 Å². The third-order valence-electron chi connectivity index (χ3n) is 5.01. The molecule has 0 radical (unpaired) electrons. The molecule has 27 heavy (non-hydrogen) atoms.